The third-order valence-corrected chi connectivity index (χ3v) is 3.15. The molecule has 1 heterocycles. The van der Waals surface area contributed by atoms with Gasteiger partial charge in [-0.05, 0) is 44.4 Å². The molecule has 1 aromatic rings. The summed E-state index contributed by atoms with van der Waals surface area (Å²) in [6.45, 7) is 5.98. The van der Waals surface area contributed by atoms with Gasteiger partial charge in [-0.15, -0.1) is 0 Å². The van der Waals surface area contributed by atoms with E-state index < -0.39 is 0 Å². The van der Waals surface area contributed by atoms with Crippen molar-refractivity contribution in [1.29, 1.82) is 0 Å². The maximum atomic E-state index is 11.7. The van der Waals surface area contributed by atoms with Gasteiger partial charge in [0.15, 0.2) is 0 Å². The summed E-state index contributed by atoms with van der Waals surface area (Å²) in [7, 11) is 0. The van der Waals surface area contributed by atoms with Gasteiger partial charge in [0.25, 0.3) is 0 Å². The van der Waals surface area contributed by atoms with Crippen LogP contribution in [0.2, 0.25) is 0 Å². The van der Waals surface area contributed by atoms with Gasteiger partial charge in [0.05, 0.1) is 12.6 Å². The van der Waals surface area contributed by atoms with Crippen LogP contribution in [0.5, 0.6) is 0 Å². The van der Waals surface area contributed by atoms with Crippen molar-refractivity contribution in [2.45, 2.75) is 39.3 Å². The summed E-state index contributed by atoms with van der Waals surface area (Å²) in [5, 5.41) is 0. The van der Waals surface area contributed by atoms with Crippen LogP contribution in [0.1, 0.15) is 31.4 Å². The molecule has 0 saturated heterocycles. The van der Waals surface area contributed by atoms with Crippen molar-refractivity contribution in [3.8, 4) is 0 Å². The molecule has 0 atom stereocenters. The molecule has 0 radical (unpaired) electrons. The van der Waals surface area contributed by atoms with E-state index in [-0.39, 0.29) is 12.1 Å². The molecule has 0 unspecified atom stereocenters. The van der Waals surface area contributed by atoms with Crippen molar-refractivity contribution in [1.82, 2.24) is 4.90 Å². The minimum Gasteiger partial charge on any atom is -0.462 e. The van der Waals surface area contributed by atoms with Gasteiger partial charge in [0.2, 0.25) is 0 Å². The number of esters is 1. The first kappa shape index (κ1) is 13.1. The molecular weight excluding hydrogens is 226 g/mol. The highest BCUT2D eigenvalue weighted by Crippen LogP contribution is 2.18. The van der Waals surface area contributed by atoms with Gasteiger partial charge in [0.1, 0.15) is 0 Å². The fraction of sp³-hybridized carbons (Fsp3) is 0.533. The Hall–Kier alpha value is -1.35. The van der Waals surface area contributed by atoms with Crippen LogP contribution in [-0.4, -0.2) is 30.1 Å². The highest BCUT2D eigenvalue weighted by atomic mass is 16.5. The van der Waals surface area contributed by atoms with E-state index >= 15 is 0 Å². The van der Waals surface area contributed by atoms with E-state index in [1.165, 1.54) is 11.1 Å². The first-order valence-electron chi connectivity index (χ1n) is 6.64. The largest absolute Gasteiger partial charge is 0.462 e. The van der Waals surface area contributed by atoms with Crippen LogP contribution >= 0.6 is 0 Å². The molecule has 0 bridgehead atoms. The van der Waals surface area contributed by atoms with Crippen LogP contribution in [0.15, 0.2) is 24.3 Å². The number of rotatable bonds is 3. The molecule has 2 rings (SSSR count). The number of ether oxygens (including phenoxy) is 1. The summed E-state index contributed by atoms with van der Waals surface area (Å²) in [4.78, 5) is 13.9. The molecule has 0 saturated carbocycles. The van der Waals surface area contributed by atoms with Crippen LogP contribution in [-0.2, 0) is 22.5 Å². The Bertz CT molecular complexity index is 415. The van der Waals surface area contributed by atoms with Crippen LogP contribution in [0.3, 0.4) is 0 Å². The number of carbonyl (C=O) groups excluding carboxylic acids is 1. The van der Waals surface area contributed by atoms with Gasteiger partial charge < -0.3 is 4.74 Å². The number of hydrogen-bond donors (Lipinski definition) is 0. The number of carbonyl (C=O) groups is 1. The van der Waals surface area contributed by atoms with E-state index in [4.69, 9.17) is 4.74 Å². The Morgan fingerprint density at radius 3 is 2.78 bits per heavy atom. The number of nitrogens with zero attached hydrogens (tertiary/aromatic N) is 1. The molecule has 0 aromatic heterocycles. The van der Waals surface area contributed by atoms with Crippen molar-refractivity contribution in [3.63, 3.8) is 0 Å². The average Bonchev–Trinajstić information content (AvgIpc) is 2.49. The topological polar surface area (TPSA) is 29.5 Å². The van der Waals surface area contributed by atoms with Crippen molar-refractivity contribution in [2.24, 2.45) is 0 Å². The van der Waals surface area contributed by atoms with Crippen LogP contribution in [0.25, 0.3) is 0 Å². The summed E-state index contributed by atoms with van der Waals surface area (Å²) >= 11 is 0. The molecule has 98 valence electrons. The highest BCUT2D eigenvalue weighted by Gasteiger charge is 2.17. The number of hydrogen-bond acceptors (Lipinski definition) is 3. The fourth-order valence-corrected chi connectivity index (χ4v) is 2.39. The van der Waals surface area contributed by atoms with Crippen LogP contribution < -0.4 is 0 Å². The minimum atomic E-state index is -0.121. The Balaban J connectivity index is 1.97. The molecule has 0 N–H and O–H groups in total. The average molecular weight is 247 g/mol. The van der Waals surface area contributed by atoms with Gasteiger partial charge >= 0.3 is 5.97 Å². The standard InChI is InChI=1S/C15H21NO2/c1-12(2)18-15(17)11-16-9-5-8-13-6-3-4-7-14(13)10-16/h3-4,6-7,12H,5,8-11H2,1-2H3. The molecule has 0 aliphatic carbocycles. The normalized spacial score (nSPS) is 16.2. The summed E-state index contributed by atoms with van der Waals surface area (Å²) in [6, 6.07) is 8.49. The third-order valence-electron chi connectivity index (χ3n) is 3.15. The van der Waals surface area contributed by atoms with Crippen molar-refractivity contribution in [2.75, 3.05) is 13.1 Å². The Labute approximate surface area is 109 Å². The Morgan fingerprint density at radius 2 is 2.06 bits per heavy atom. The highest BCUT2D eigenvalue weighted by molar-refractivity contribution is 5.71. The van der Waals surface area contributed by atoms with Crippen LogP contribution in [0, 0.1) is 0 Å². The molecule has 1 aliphatic rings. The molecule has 0 amide bonds. The van der Waals surface area contributed by atoms with E-state index in [0.717, 1.165) is 25.9 Å². The zero-order valence-electron chi connectivity index (χ0n) is 11.2. The zero-order valence-corrected chi connectivity index (χ0v) is 11.2. The fourth-order valence-electron chi connectivity index (χ4n) is 2.39. The van der Waals surface area contributed by atoms with Gasteiger partial charge in [0, 0.05) is 6.54 Å². The SMILES string of the molecule is CC(C)OC(=O)CN1CCCc2ccccc2C1. The summed E-state index contributed by atoms with van der Waals surface area (Å²) in [5.41, 5.74) is 2.75. The number of aryl methyl sites for hydroxylation is 1. The van der Waals surface area contributed by atoms with E-state index in [9.17, 15) is 4.79 Å². The maximum absolute atomic E-state index is 11.7. The second kappa shape index (κ2) is 6.01. The van der Waals surface area contributed by atoms with E-state index in [0.29, 0.717) is 6.54 Å². The first-order valence-corrected chi connectivity index (χ1v) is 6.64. The Morgan fingerprint density at radius 1 is 1.33 bits per heavy atom. The second-order valence-electron chi connectivity index (χ2n) is 5.12. The zero-order chi connectivity index (χ0) is 13.0. The monoisotopic (exact) mass is 247 g/mol. The van der Waals surface area contributed by atoms with Crippen molar-refractivity contribution in [3.05, 3.63) is 35.4 Å². The summed E-state index contributed by atoms with van der Waals surface area (Å²) in [5.74, 6) is -0.121. The minimum absolute atomic E-state index is 0.0308. The quantitative estimate of drug-likeness (QED) is 0.768. The van der Waals surface area contributed by atoms with E-state index in [1.807, 2.05) is 13.8 Å². The van der Waals surface area contributed by atoms with Gasteiger partial charge in [-0.2, -0.15) is 0 Å². The Kier molecular flexibility index (Phi) is 4.37. The lowest BCUT2D eigenvalue weighted by molar-refractivity contribution is -0.148. The summed E-state index contributed by atoms with van der Waals surface area (Å²) in [6.07, 6.45) is 2.18. The second-order valence-corrected chi connectivity index (χ2v) is 5.12. The number of benzene rings is 1. The van der Waals surface area contributed by atoms with E-state index in [2.05, 4.69) is 29.2 Å². The van der Waals surface area contributed by atoms with Crippen LogP contribution in [0.4, 0.5) is 0 Å². The van der Waals surface area contributed by atoms with Gasteiger partial charge in [-0.3, -0.25) is 9.69 Å². The predicted molar refractivity (Wildman–Crippen MR) is 71.3 cm³/mol. The van der Waals surface area contributed by atoms with Gasteiger partial charge in [-0.25, -0.2) is 0 Å². The van der Waals surface area contributed by atoms with Crippen molar-refractivity contribution >= 4 is 5.97 Å². The lowest BCUT2D eigenvalue weighted by Crippen LogP contribution is -2.31. The van der Waals surface area contributed by atoms with Gasteiger partial charge in [-0.1, -0.05) is 24.3 Å². The predicted octanol–water partition coefficient (Wildman–Crippen LogP) is 2.39. The molecule has 0 spiro atoms. The first-order chi connectivity index (χ1) is 8.65. The number of fused-ring (bicyclic) bond motifs is 1. The molecule has 1 aromatic carbocycles. The molecule has 3 nitrogen and oxygen atoms in total. The maximum Gasteiger partial charge on any atom is 0.320 e. The molecular formula is C15H21NO2. The lowest BCUT2D eigenvalue weighted by Gasteiger charge is -2.20. The van der Waals surface area contributed by atoms with Crippen molar-refractivity contribution < 1.29 is 9.53 Å². The summed E-state index contributed by atoms with van der Waals surface area (Å²) < 4.78 is 5.20. The molecule has 0 fully saturated rings. The third kappa shape index (κ3) is 3.57. The molecule has 18 heavy (non-hydrogen) atoms. The lowest BCUT2D eigenvalue weighted by atomic mass is 10.0. The molecule has 1 aliphatic heterocycles. The van der Waals surface area contributed by atoms with E-state index in [1.54, 1.807) is 0 Å². The molecule has 3 heteroatoms. The smallest absolute Gasteiger partial charge is 0.320 e.